The maximum Gasteiger partial charge on any atom is 0.204 e. The molecule has 1 aliphatic heterocycles. The van der Waals surface area contributed by atoms with Gasteiger partial charge in [0.15, 0.2) is 0 Å². The standard InChI is InChI=1S/C12H14ClN3/c1-8-3-2-4-10-11(8)15-12(13)16(10)9-5-6-14-7-9/h2-4,9,14H,5-7H2,1H3. The van der Waals surface area contributed by atoms with Gasteiger partial charge in [0.2, 0.25) is 5.28 Å². The van der Waals surface area contributed by atoms with Crippen LogP contribution in [0.25, 0.3) is 11.0 Å². The van der Waals surface area contributed by atoms with E-state index in [1.165, 1.54) is 5.56 Å². The number of fused-ring (bicyclic) bond motifs is 1. The van der Waals surface area contributed by atoms with E-state index in [2.05, 4.69) is 40.0 Å². The van der Waals surface area contributed by atoms with Gasteiger partial charge in [0.1, 0.15) is 0 Å². The van der Waals surface area contributed by atoms with Crippen molar-refractivity contribution in [1.82, 2.24) is 14.9 Å². The second-order valence-electron chi connectivity index (χ2n) is 4.34. The molecule has 2 heterocycles. The SMILES string of the molecule is Cc1cccc2c1nc(Cl)n2C1CCNC1. The topological polar surface area (TPSA) is 29.9 Å². The van der Waals surface area contributed by atoms with Gasteiger partial charge in [-0.05, 0) is 43.1 Å². The van der Waals surface area contributed by atoms with Gasteiger partial charge in [0.05, 0.1) is 17.1 Å². The second kappa shape index (κ2) is 3.75. The molecule has 16 heavy (non-hydrogen) atoms. The van der Waals surface area contributed by atoms with E-state index in [0.717, 1.165) is 30.5 Å². The minimum Gasteiger partial charge on any atom is -0.315 e. The van der Waals surface area contributed by atoms with Gasteiger partial charge < -0.3 is 9.88 Å². The molecular formula is C12H14ClN3. The largest absolute Gasteiger partial charge is 0.315 e. The number of nitrogens with one attached hydrogen (secondary N) is 1. The Kier molecular flexibility index (Phi) is 2.37. The number of para-hydroxylation sites is 1. The van der Waals surface area contributed by atoms with Crippen molar-refractivity contribution in [2.24, 2.45) is 0 Å². The van der Waals surface area contributed by atoms with Crippen molar-refractivity contribution in [3.8, 4) is 0 Å². The molecular weight excluding hydrogens is 222 g/mol. The maximum atomic E-state index is 6.24. The Morgan fingerprint density at radius 3 is 3.12 bits per heavy atom. The van der Waals surface area contributed by atoms with Crippen molar-refractivity contribution >= 4 is 22.6 Å². The Labute approximate surface area is 99.4 Å². The second-order valence-corrected chi connectivity index (χ2v) is 4.68. The molecule has 2 aromatic rings. The highest BCUT2D eigenvalue weighted by Crippen LogP contribution is 2.28. The summed E-state index contributed by atoms with van der Waals surface area (Å²) in [6, 6.07) is 6.68. The molecule has 3 rings (SSSR count). The summed E-state index contributed by atoms with van der Waals surface area (Å²) in [4.78, 5) is 4.46. The zero-order valence-corrected chi connectivity index (χ0v) is 9.96. The van der Waals surface area contributed by atoms with E-state index < -0.39 is 0 Å². The third-order valence-corrected chi connectivity index (χ3v) is 3.54. The highest BCUT2D eigenvalue weighted by Gasteiger charge is 2.21. The molecule has 1 atom stereocenters. The molecule has 4 heteroatoms. The summed E-state index contributed by atoms with van der Waals surface area (Å²) in [6.45, 7) is 4.12. The van der Waals surface area contributed by atoms with Gasteiger partial charge in [-0.15, -0.1) is 0 Å². The Morgan fingerprint density at radius 1 is 1.50 bits per heavy atom. The van der Waals surface area contributed by atoms with Crippen LogP contribution >= 0.6 is 11.6 Å². The van der Waals surface area contributed by atoms with Crippen LogP contribution in [0.3, 0.4) is 0 Å². The molecule has 1 aromatic heterocycles. The van der Waals surface area contributed by atoms with Crippen molar-refractivity contribution < 1.29 is 0 Å². The first-order valence-electron chi connectivity index (χ1n) is 5.61. The molecule has 0 aliphatic carbocycles. The number of nitrogens with zero attached hydrogens (tertiary/aromatic N) is 2. The van der Waals surface area contributed by atoms with E-state index in [4.69, 9.17) is 11.6 Å². The molecule has 0 saturated carbocycles. The zero-order chi connectivity index (χ0) is 11.1. The van der Waals surface area contributed by atoms with Crippen LogP contribution in [0.2, 0.25) is 5.28 Å². The van der Waals surface area contributed by atoms with Gasteiger partial charge in [0, 0.05) is 6.54 Å². The molecule has 3 nitrogen and oxygen atoms in total. The fraction of sp³-hybridized carbons (Fsp3) is 0.417. The molecule has 0 amide bonds. The maximum absolute atomic E-state index is 6.24. The van der Waals surface area contributed by atoms with Crippen LogP contribution < -0.4 is 5.32 Å². The van der Waals surface area contributed by atoms with Crippen LogP contribution in [0.1, 0.15) is 18.0 Å². The molecule has 1 saturated heterocycles. The molecule has 0 bridgehead atoms. The fourth-order valence-corrected chi connectivity index (χ4v) is 2.75. The summed E-state index contributed by atoms with van der Waals surface area (Å²) in [5, 5.41) is 3.97. The van der Waals surface area contributed by atoms with Gasteiger partial charge in [-0.3, -0.25) is 0 Å². The lowest BCUT2D eigenvalue weighted by atomic mass is 10.2. The van der Waals surface area contributed by atoms with Crippen LogP contribution in [-0.4, -0.2) is 22.6 Å². The Bertz CT molecular complexity index is 526. The minimum absolute atomic E-state index is 0.444. The number of aromatic nitrogens is 2. The van der Waals surface area contributed by atoms with Crippen molar-refractivity contribution in [2.75, 3.05) is 13.1 Å². The first kappa shape index (κ1) is 10.1. The third kappa shape index (κ3) is 1.43. The van der Waals surface area contributed by atoms with E-state index >= 15 is 0 Å². The van der Waals surface area contributed by atoms with Gasteiger partial charge in [0.25, 0.3) is 0 Å². The van der Waals surface area contributed by atoms with E-state index in [1.54, 1.807) is 0 Å². The highest BCUT2D eigenvalue weighted by atomic mass is 35.5. The van der Waals surface area contributed by atoms with Crippen LogP contribution in [0.15, 0.2) is 18.2 Å². The Balaban J connectivity index is 2.22. The van der Waals surface area contributed by atoms with E-state index in [-0.39, 0.29) is 0 Å². The number of benzene rings is 1. The average Bonchev–Trinajstić information content (AvgIpc) is 2.85. The number of aryl methyl sites for hydroxylation is 1. The lowest BCUT2D eigenvalue weighted by Crippen LogP contribution is -2.13. The number of hydrogen-bond acceptors (Lipinski definition) is 2. The smallest absolute Gasteiger partial charge is 0.204 e. The van der Waals surface area contributed by atoms with Crippen LogP contribution in [0.4, 0.5) is 0 Å². The van der Waals surface area contributed by atoms with Crippen LogP contribution in [-0.2, 0) is 0 Å². The number of halogens is 1. The molecule has 84 valence electrons. The quantitative estimate of drug-likeness (QED) is 0.823. The number of rotatable bonds is 1. The van der Waals surface area contributed by atoms with Crippen molar-refractivity contribution in [3.63, 3.8) is 0 Å². The summed E-state index contributed by atoms with van der Waals surface area (Å²) >= 11 is 6.24. The highest BCUT2D eigenvalue weighted by molar-refractivity contribution is 6.29. The van der Waals surface area contributed by atoms with Crippen molar-refractivity contribution in [3.05, 3.63) is 29.0 Å². The molecule has 1 fully saturated rings. The lowest BCUT2D eigenvalue weighted by molar-refractivity contribution is 0.562. The average molecular weight is 236 g/mol. The predicted octanol–water partition coefficient (Wildman–Crippen LogP) is 2.53. The molecule has 1 unspecified atom stereocenters. The summed E-state index contributed by atoms with van der Waals surface area (Å²) < 4.78 is 2.16. The first-order valence-corrected chi connectivity index (χ1v) is 5.99. The zero-order valence-electron chi connectivity index (χ0n) is 9.20. The van der Waals surface area contributed by atoms with Gasteiger partial charge in [-0.2, -0.15) is 0 Å². The Hall–Kier alpha value is -1.06. The lowest BCUT2D eigenvalue weighted by Gasteiger charge is -2.12. The summed E-state index contributed by atoms with van der Waals surface area (Å²) in [7, 11) is 0. The van der Waals surface area contributed by atoms with Crippen LogP contribution in [0, 0.1) is 6.92 Å². The molecule has 1 aromatic carbocycles. The summed E-state index contributed by atoms with van der Waals surface area (Å²) in [5.74, 6) is 0. The predicted molar refractivity (Wildman–Crippen MR) is 66.0 cm³/mol. The first-order chi connectivity index (χ1) is 7.77. The molecule has 0 spiro atoms. The monoisotopic (exact) mass is 235 g/mol. The van der Waals surface area contributed by atoms with E-state index in [9.17, 15) is 0 Å². The van der Waals surface area contributed by atoms with Crippen molar-refractivity contribution in [1.29, 1.82) is 0 Å². The number of hydrogen-bond donors (Lipinski definition) is 1. The molecule has 1 aliphatic rings. The summed E-state index contributed by atoms with van der Waals surface area (Å²) in [5.41, 5.74) is 3.36. The van der Waals surface area contributed by atoms with Crippen LogP contribution in [0.5, 0.6) is 0 Å². The van der Waals surface area contributed by atoms with E-state index in [1.807, 2.05) is 0 Å². The Morgan fingerprint density at radius 2 is 2.38 bits per heavy atom. The van der Waals surface area contributed by atoms with E-state index in [0.29, 0.717) is 11.3 Å². The molecule has 0 radical (unpaired) electrons. The van der Waals surface area contributed by atoms with Gasteiger partial charge >= 0.3 is 0 Å². The minimum atomic E-state index is 0.444. The number of imidazole rings is 1. The third-order valence-electron chi connectivity index (χ3n) is 3.28. The van der Waals surface area contributed by atoms with Gasteiger partial charge in [-0.25, -0.2) is 4.98 Å². The van der Waals surface area contributed by atoms with Crippen molar-refractivity contribution in [2.45, 2.75) is 19.4 Å². The normalized spacial score (nSPS) is 20.8. The van der Waals surface area contributed by atoms with Gasteiger partial charge in [-0.1, -0.05) is 12.1 Å². The molecule has 1 N–H and O–H groups in total. The fourth-order valence-electron chi connectivity index (χ4n) is 2.44. The summed E-state index contributed by atoms with van der Waals surface area (Å²) in [6.07, 6.45) is 1.12.